The molecule has 1 aromatic heterocycles. The molecule has 0 spiro atoms. The Morgan fingerprint density at radius 2 is 2.07 bits per heavy atom. The van der Waals surface area contributed by atoms with Gasteiger partial charge in [0.15, 0.2) is 5.82 Å². The number of phenolic OH excluding ortho intramolecular Hbond substituents is 1. The highest BCUT2D eigenvalue weighted by Crippen LogP contribution is 2.27. The minimum absolute atomic E-state index is 0.235. The molecular weight excluding hydrogens is 180 g/mol. The van der Waals surface area contributed by atoms with Gasteiger partial charge in [-0.05, 0) is 26.0 Å². The highest BCUT2D eigenvalue weighted by Gasteiger charge is 2.10. The topological polar surface area (TPSA) is 59.2 Å². The molecule has 4 heteroatoms. The maximum atomic E-state index is 9.48. The van der Waals surface area contributed by atoms with Crippen LogP contribution in [0.3, 0.4) is 0 Å². The Labute approximate surface area is 81.2 Å². The van der Waals surface area contributed by atoms with Crippen LogP contribution in [0.4, 0.5) is 0 Å². The third-order valence-electron chi connectivity index (χ3n) is 2.06. The maximum Gasteiger partial charge on any atom is 0.258 e. The second kappa shape index (κ2) is 3.14. The number of hydrogen-bond acceptors (Lipinski definition) is 4. The van der Waals surface area contributed by atoms with Gasteiger partial charge in [-0.25, -0.2) is 0 Å². The van der Waals surface area contributed by atoms with Crippen LogP contribution in [0.1, 0.15) is 11.4 Å². The predicted octanol–water partition coefficient (Wildman–Crippen LogP) is 2.06. The summed E-state index contributed by atoms with van der Waals surface area (Å²) >= 11 is 0. The molecular formula is C10H10N2O2. The normalized spacial score (nSPS) is 10.4. The molecule has 0 bridgehead atoms. The molecule has 0 radical (unpaired) electrons. The van der Waals surface area contributed by atoms with E-state index in [9.17, 15) is 5.11 Å². The van der Waals surface area contributed by atoms with Crippen molar-refractivity contribution >= 4 is 0 Å². The minimum atomic E-state index is 0.235. The zero-order chi connectivity index (χ0) is 10.1. The Balaban J connectivity index is 2.57. The highest BCUT2D eigenvalue weighted by molar-refractivity contribution is 5.61. The van der Waals surface area contributed by atoms with Crippen LogP contribution in [0, 0.1) is 13.8 Å². The molecule has 0 amide bonds. The fourth-order valence-electron chi connectivity index (χ4n) is 1.26. The molecule has 4 nitrogen and oxygen atoms in total. The molecule has 0 fully saturated rings. The summed E-state index contributed by atoms with van der Waals surface area (Å²) in [4.78, 5) is 4.09. The lowest BCUT2D eigenvalue weighted by Gasteiger charge is -2.01. The summed E-state index contributed by atoms with van der Waals surface area (Å²) in [7, 11) is 0. The van der Waals surface area contributed by atoms with E-state index in [-0.39, 0.29) is 5.75 Å². The van der Waals surface area contributed by atoms with Crippen molar-refractivity contribution in [3.8, 4) is 17.2 Å². The first kappa shape index (κ1) is 8.74. The molecule has 1 N–H and O–H groups in total. The number of aromatic nitrogens is 2. The number of benzene rings is 1. The first-order valence-electron chi connectivity index (χ1n) is 4.28. The maximum absolute atomic E-state index is 9.48. The summed E-state index contributed by atoms with van der Waals surface area (Å²) in [5.74, 6) is 1.26. The molecule has 0 atom stereocenters. The summed E-state index contributed by atoms with van der Waals surface area (Å²) in [6.07, 6.45) is 0. The average Bonchev–Trinajstić information content (AvgIpc) is 2.57. The van der Waals surface area contributed by atoms with Gasteiger partial charge in [-0.1, -0.05) is 11.2 Å². The van der Waals surface area contributed by atoms with Crippen LogP contribution in [0.5, 0.6) is 5.75 Å². The number of rotatable bonds is 1. The largest absolute Gasteiger partial charge is 0.508 e. The fourth-order valence-corrected chi connectivity index (χ4v) is 1.26. The van der Waals surface area contributed by atoms with Crippen molar-refractivity contribution in [1.29, 1.82) is 0 Å². The minimum Gasteiger partial charge on any atom is -0.508 e. The van der Waals surface area contributed by atoms with Crippen molar-refractivity contribution in [3.63, 3.8) is 0 Å². The third-order valence-corrected chi connectivity index (χ3v) is 2.06. The van der Waals surface area contributed by atoms with E-state index < -0.39 is 0 Å². The summed E-state index contributed by atoms with van der Waals surface area (Å²) in [5, 5.41) is 13.2. The monoisotopic (exact) mass is 190 g/mol. The lowest BCUT2D eigenvalue weighted by Crippen LogP contribution is -1.83. The van der Waals surface area contributed by atoms with Crippen molar-refractivity contribution in [3.05, 3.63) is 29.6 Å². The van der Waals surface area contributed by atoms with Gasteiger partial charge >= 0.3 is 0 Å². The summed E-state index contributed by atoms with van der Waals surface area (Å²) in [5.41, 5.74) is 1.52. The Kier molecular flexibility index (Phi) is 1.96. The standard InChI is InChI=1S/C10H10N2O2/c1-6-8(4-3-5-9(6)13)10-11-7(2)12-14-10/h3-5,13H,1-2H3. The van der Waals surface area contributed by atoms with Crippen molar-refractivity contribution in [1.82, 2.24) is 10.1 Å². The molecule has 0 unspecified atom stereocenters. The molecule has 1 heterocycles. The van der Waals surface area contributed by atoms with Crippen molar-refractivity contribution < 1.29 is 9.63 Å². The van der Waals surface area contributed by atoms with Crippen LogP contribution < -0.4 is 0 Å². The molecule has 2 aromatic rings. The van der Waals surface area contributed by atoms with Gasteiger partial charge in [-0.2, -0.15) is 4.98 Å². The molecule has 0 saturated heterocycles. The van der Waals surface area contributed by atoms with E-state index in [1.807, 2.05) is 13.0 Å². The number of nitrogens with zero attached hydrogens (tertiary/aromatic N) is 2. The smallest absolute Gasteiger partial charge is 0.258 e. The van der Waals surface area contributed by atoms with Crippen LogP contribution in [0.25, 0.3) is 11.5 Å². The summed E-state index contributed by atoms with van der Waals surface area (Å²) in [6.45, 7) is 3.56. The molecule has 0 aliphatic rings. The van der Waals surface area contributed by atoms with Gasteiger partial charge in [0.2, 0.25) is 0 Å². The summed E-state index contributed by atoms with van der Waals surface area (Å²) in [6, 6.07) is 5.21. The molecule has 14 heavy (non-hydrogen) atoms. The van der Waals surface area contributed by atoms with Gasteiger partial charge in [-0.15, -0.1) is 0 Å². The van der Waals surface area contributed by atoms with Crippen LogP contribution >= 0.6 is 0 Å². The van der Waals surface area contributed by atoms with Crippen LogP contribution in [0.15, 0.2) is 22.7 Å². The van der Waals surface area contributed by atoms with Gasteiger partial charge in [0.1, 0.15) is 5.75 Å². The second-order valence-corrected chi connectivity index (χ2v) is 3.10. The quantitative estimate of drug-likeness (QED) is 0.747. The Bertz CT molecular complexity index is 463. The van der Waals surface area contributed by atoms with E-state index in [0.717, 1.165) is 11.1 Å². The van der Waals surface area contributed by atoms with Gasteiger partial charge in [0.25, 0.3) is 5.89 Å². The molecule has 0 aliphatic heterocycles. The Morgan fingerprint density at radius 3 is 2.71 bits per heavy atom. The van der Waals surface area contributed by atoms with E-state index in [1.165, 1.54) is 0 Å². The zero-order valence-corrected chi connectivity index (χ0v) is 7.98. The number of aromatic hydroxyl groups is 1. The highest BCUT2D eigenvalue weighted by atomic mass is 16.5. The van der Waals surface area contributed by atoms with E-state index in [2.05, 4.69) is 10.1 Å². The van der Waals surface area contributed by atoms with Crippen molar-refractivity contribution in [2.75, 3.05) is 0 Å². The molecule has 0 aliphatic carbocycles. The molecule has 72 valence electrons. The first-order chi connectivity index (χ1) is 6.68. The van der Waals surface area contributed by atoms with E-state index in [0.29, 0.717) is 11.7 Å². The number of phenols is 1. The molecule has 1 aromatic carbocycles. The number of hydrogen-bond donors (Lipinski definition) is 1. The number of aryl methyl sites for hydroxylation is 1. The van der Waals surface area contributed by atoms with Gasteiger partial charge in [-0.3, -0.25) is 0 Å². The fraction of sp³-hybridized carbons (Fsp3) is 0.200. The van der Waals surface area contributed by atoms with Crippen LogP contribution in [-0.4, -0.2) is 15.2 Å². The van der Waals surface area contributed by atoms with E-state index in [1.54, 1.807) is 19.1 Å². The second-order valence-electron chi connectivity index (χ2n) is 3.10. The SMILES string of the molecule is Cc1noc(-c2cccc(O)c2C)n1. The van der Waals surface area contributed by atoms with Crippen LogP contribution in [0.2, 0.25) is 0 Å². The van der Waals surface area contributed by atoms with Crippen LogP contribution in [-0.2, 0) is 0 Å². The average molecular weight is 190 g/mol. The van der Waals surface area contributed by atoms with E-state index >= 15 is 0 Å². The zero-order valence-electron chi connectivity index (χ0n) is 7.98. The van der Waals surface area contributed by atoms with Gasteiger partial charge in [0.05, 0.1) is 0 Å². The van der Waals surface area contributed by atoms with Gasteiger partial charge in [0, 0.05) is 11.1 Å². The lowest BCUT2D eigenvalue weighted by molar-refractivity contribution is 0.424. The Hall–Kier alpha value is -1.84. The van der Waals surface area contributed by atoms with Gasteiger partial charge < -0.3 is 9.63 Å². The van der Waals surface area contributed by atoms with Crippen molar-refractivity contribution in [2.24, 2.45) is 0 Å². The Morgan fingerprint density at radius 1 is 1.29 bits per heavy atom. The lowest BCUT2D eigenvalue weighted by atomic mass is 10.1. The first-order valence-corrected chi connectivity index (χ1v) is 4.28. The third kappa shape index (κ3) is 1.35. The predicted molar refractivity (Wildman–Crippen MR) is 50.9 cm³/mol. The molecule has 0 saturated carbocycles. The summed E-state index contributed by atoms with van der Waals surface area (Å²) < 4.78 is 5.01. The van der Waals surface area contributed by atoms with Crippen molar-refractivity contribution in [2.45, 2.75) is 13.8 Å². The van der Waals surface area contributed by atoms with E-state index in [4.69, 9.17) is 4.52 Å². The molecule has 2 rings (SSSR count).